The Kier molecular flexibility index (Phi) is 2.11. The lowest BCUT2D eigenvalue weighted by Crippen LogP contribution is -2.57. The number of ether oxygens (including phenoxy) is 1. The molecule has 0 atom stereocenters. The third-order valence-electron chi connectivity index (χ3n) is 1.40. The van der Waals surface area contributed by atoms with Crippen LogP contribution in [-0.2, 0) is 14.3 Å². The maximum atomic E-state index is 11.1. The zero-order valence-electron chi connectivity index (χ0n) is 7.79. The summed E-state index contributed by atoms with van der Waals surface area (Å²) in [6, 6.07) is 0. The topological polar surface area (TPSA) is 63.7 Å². The molecule has 72 valence electrons. The van der Waals surface area contributed by atoms with Crippen molar-refractivity contribution in [2.75, 3.05) is 6.54 Å². The van der Waals surface area contributed by atoms with E-state index in [1.807, 2.05) is 0 Å². The number of nitrogens with zero attached hydrogens (tertiary/aromatic N) is 1. The predicted octanol–water partition coefficient (Wildman–Crippen LogP) is 0.333. The summed E-state index contributed by atoms with van der Waals surface area (Å²) in [5.41, 5.74) is -0.643. The number of ketones is 1. The van der Waals surface area contributed by atoms with Crippen LogP contribution in [0.25, 0.3) is 0 Å². The van der Waals surface area contributed by atoms with Crippen molar-refractivity contribution in [2.45, 2.75) is 26.4 Å². The zero-order valence-corrected chi connectivity index (χ0v) is 7.79. The van der Waals surface area contributed by atoms with Crippen molar-refractivity contribution in [3.05, 3.63) is 0 Å². The van der Waals surface area contributed by atoms with Gasteiger partial charge in [-0.15, -0.1) is 0 Å². The molecule has 0 aromatic heterocycles. The fraction of sp³-hybridized carbons (Fsp3) is 0.625. The van der Waals surface area contributed by atoms with Gasteiger partial charge >= 0.3 is 12.0 Å². The molecule has 0 saturated carbocycles. The molecule has 1 rings (SSSR count). The first-order valence-corrected chi connectivity index (χ1v) is 3.89. The van der Waals surface area contributed by atoms with Crippen molar-refractivity contribution >= 4 is 17.8 Å². The molecule has 5 nitrogen and oxygen atoms in total. The smallest absolute Gasteiger partial charge is 0.417 e. The molecule has 1 aliphatic rings. The van der Waals surface area contributed by atoms with E-state index < -0.39 is 23.4 Å². The quantitative estimate of drug-likeness (QED) is 0.403. The second-order valence-electron chi connectivity index (χ2n) is 3.79. The molecule has 0 unspecified atom stereocenters. The Morgan fingerprint density at radius 1 is 1.38 bits per heavy atom. The van der Waals surface area contributed by atoms with Gasteiger partial charge in [0.05, 0.1) is 0 Å². The Bertz CT molecular complexity index is 276. The number of hydrogen-bond donors (Lipinski definition) is 0. The van der Waals surface area contributed by atoms with Crippen LogP contribution in [-0.4, -0.2) is 34.8 Å². The van der Waals surface area contributed by atoms with Crippen molar-refractivity contribution in [1.29, 1.82) is 0 Å². The minimum absolute atomic E-state index is 0.159. The van der Waals surface area contributed by atoms with E-state index >= 15 is 0 Å². The van der Waals surface area contributed by atoms with Crippen LogP contribution >= 0.6 is 0 Å². The largest absolute Gasteiger partial charge is 0.443 e. The van der Waals surface area contributed by atoms with Crippen LogP contribution in [0.1, 0.15) is 20.8 Å². The predicted molar refractivity (Wildman–Crippen MR) is 43.0 cm³/mol. The lowest BCUT2D eigenvalue weighted by molar-refractivity contribution is -0.153. The normalized spacial score (nSPS) is 17.0. The molecule has 1 aliphatic heterocycles. The van der Waals surface area contributed by atoms with E-state index in [2.05, 4.69) is 0 Å². The van der Waals surface area contributed by atoms with Crippen LogP contribution in [0.2, 0.25) is 0 Å². The Hall–Kier alpha value is -1.39. The maximum absolute atomic E-state index is 11.1. The van der Waals surface area contributed by atoms with E-state index in [0.717, 1.165) is 4.90 Å². The average Bonchev–Trinajstić information content (AvgIpc) is 1.95. The molecule has 0 N–H and O–H groups in total. The summed E-state index contributed by atoms with van der Waals surface area (Å²) < 4.78 is 4.87. The molecule has 0 bridgehead atoms. The van der Waals surface area contributed by atoms with E-state index in [0.29, 0.717) is 0 Å². The highest BCUT2D eigenvalue weighted by Crippen LogP contribution is 2.13. The summed E-state index contributed by atoms with van der Waals surface area (Å²) in [4.78, 5) is 33.2. The first kappa shape index (κ1) is 9.70. The van der Waals surface area contributed by atoms with Gasteiger partial charge in [0.1, 0.15) is 12.1 Å². The Morgan fingerprint density at radius 2 is 1.92 bits per heavy atom. The third kappa shape index (κ3) is 2.05. The number of carbonyl (C=O) groups excluding carboxylic acids is 3. The zero-order chi connectivity index (χ0) is 10.2. The van der Waals surface area contributed by atoms with Gasteiger partial charge in [-0.3, -0.25) is 9.59 Å². The third-order valence-corrected chi connectivity index (χ3v) is 1.40. The highest BCUT2D eigenvalue weighted by molar-refractivity contribution is 6.45. The Balaban J connectivity index is 2.52. The molecule has 1 heterocycles. The molecule has 13 heavy (non-hydrogen) atoms. The molecule has 5 heteroatoms. The summed E-state index contributed by atoms with van der Waals surface area (Å²) in [7, 11) is 0. The van der Waals surface area contributed by atoms with Gasteiger partial charge in [-0.2, -0.15) is 0 Å². The number of hydrogen-bond acceptors (Lipinski definition) is 4. The van der Waals surface area contributed by atoms with Crippen molar-refractivity contribution < 1.29 is 19.1 Å². The van der Waals surface area contributed by atoms with Crippen molar-refractivity contribution in [2.24, 2.45) is 0 Å². The standard InChI is InChI=1S/C8H11NO4/c1-8(2,3)13-7(12)9-4-5(10)6(9)11/h4H2,1-3H3. The Labute approximate surface area is 75.6 Å². The summed E-state index contributed by atoms with van der Waals surface area (Å²) in [6.07, 6.45) is -0.753. The van der Waals surface area contributed by atoms with E-state index in [-0.39, 0.29) is 6.54 Å². The molecule has 0 spiro atoms. The number of Topliss-reactive ketones (excluding diaryl/α,β-unsaturated/α-hetero) is 1. The molecule has 1 fully saturated rings. The first-order valence-electron chi connectivity index (χ1n) is 3.89. The van der Waals surface area contributed by atoms with Crippen LogP contribution in [0, 0.1) is 0 Å². The van der Waals surface area contributed by atoms with Gasteiger partial charge in [0.25, 0.3) is 0 Å². The molecule has 0 radical (unpaired) electrons. The molecular formula is C8H11NO4. The van der Waals surface area contributed by atoms with Gasteiger partial charge in [-0.05, 0) is 20.8 Å². The van der Waals surface area contributed by atoms with Gasteiger partial charge in [0.15, 0.2) is 0 Å². The summed E-state index contributed by atoms with van der Waals surface area (Å²) in [5, 5.41) is 0. The summed E-state index contributed by atoms with van der Waals surface area (Å²) in [6.45, 7) is 4.92. The van der Waals surface area contributed by atoms with Crippen molar-refractivity contribution in [3.63, 3.8) is 0 Å². The summed E-state index contributed by atoms with van der Waals surface area (Å²) in [5.74, 6) is -1.33. The second-order valence-corrected chi connectivity index (χ2v) is 3.79. The molecule has 1 saturated heterocycles. The lowest BCUT2D eigenvalue weighted by Gasteiger charge is -2.29. The number of amides is 2. The monoisotopic (exact) mass is 185 g/mol. The van der Waals surface area contributed by atoms with Crippen LogP contribution < -0.4 is 0 Å². The SMILES string of the molecule is CC(C)(C)OC(=O)N1CC(=O)C1=O. The van der Waals surface area contributed by atoms with Gasteiger partial charge < -0.3 is 4.74 Å². The fourth-order valence-corrected chi connectivity index (χ4v) is 0.807. The van der Waals surface area contributed by atoms with Gasteiger partial charge in [0.2, 0.25) is 5.78 Å². The number of carbonyl (C=O) groups is 3. The van der Waals surface area contributed by atoms with Crippen LogP contribution in [0.4, 0.5) is 4.79 Å². The molecule has 2 amide bonds. The fourth-order valence-electron chi connectivity index (χ4n) is 0.807. The number of β-lactam (4-membered cyclic amide) rings is 1. The van der Waals surface area contributed by atoms with E-state index in [4.69, 9.17) is 4.74 Å². The van der Waals surface area contributed by atoms with Crippen LogP contribution in [0.5, 0.6) is 0 Å². The number of rotatable bonds is 0. The number of likely N-dealkylation sites (tertiary alicyclic amines) is 1. The Morgan fingerprint density at radius 3 is 2.23 bits per heavy atom. The van der Waals surface area contributed by atoms with E-state index in [1.165, 1.54) is 0 Å². The lowest BCUT2D eigenvalue weighted by atomic mass is 10.2. The van der Waals surface area contributed by atoms with Gasteiger partial charge in [0, 0.05) is 0 Å². The molecule has 0 aliphatic carbocycles. The van der Waals surface area contributed by atoms with Gasteiger partial charge in [-0.1, -0.05) is 0 Å². The van der Waals surface area contributed by atoms with Crippen LogP contribution in [0.15, 0.2) is 0 Å². The highest BCUT2D eigenvalue weighted by Gasteiger charge is 2.41. The second kappa shape index (κ2) is 2.83. The minimum Gasteiger partial charge on any atom is -0.443 e. The highest BCUT2D eigenvalue weighted by atomic mass is 16.6. The first-order chi connectivity index (χ1) is 5.81. The minimum atomic E-state index is -0.783. The van der Waals surface area contributed by atoms with Crippen molar-refractivity contribution in [3.8, 4) is 0 Å². The maximum Gasteiger partial charge on any atom is 0.417 e. The van der Waals surface area contributed by atoms with Crippen molar-refractivity contribution in [1.82, 2.24) is 4.90 Å². The van der Waals surface area contributed by atoms with E-state index in [1.54, 1.807) is 20.8 Å². The van der Waals surface area contributed by atoms with Gasteiger partial charge in [-0.25, -0.2) is 9.69 Å². The number of imide groups is 1. The molecule has 0 aromatic carbocycles. The average molecular weight is 185 g/mol. The summed E-state index contributed by atoms with van der Waals surface area (Å²) >= 11 is 0. The van der Waals surface area contributed by atoms with E-state index in [9.17, 15) is 14.4 Å². The van der Waals surface area contributed by atoms with Crippen LogP contribution in [0.3, 0.4) is 0 Å². The molecule has 0 aromatic rings. The molecular weight excluding hydrogens is 174 g/mol.